The lowest BCUT2D eigenvalue weighted by Gasteiger charge is -2.51. The maximum atomic E-state index is 15.2. The van der Waals surface area contributed by atoms with E-state index >= 15 is 4.39 Å². The van der Waals surface area contributed by atoms with Crippen LogP contribution in [0.4, 0.5) is 4.39 Å². The summed E-state index contributed by atoms with van der Waals surface area (Å²) in [5.41, 5.74) is 3.43. The molecule has 3 aliphatic carbocycles. The molecule has 1 saturated carbocycles. The normalized spacial score (nSPS) is 26.6. The van der Waals surface area contributed by atoms with Crippen LogP contribution in [0.5, 0.6) is 0 Å². The smallest absolute Gasteiger partial charge is 0.179 e. The minimum Gasteiger partial charge on any atom is -0.293 e. The van der Waals surface area contributed by atoms with Crippen LogP contribution in [-0.4, -0.2) is 20.7 Å². The number of pyridine rings is 1. The number of carbonyl (C=O) groups is 1. The Hall–Kier alpha value is -3.72. The maximum Gasteiger partial charge on any atom is 0.179 e. The number of hydrogen-bond donors (Lipinski definition) is 0. The molecule has 5 nitrogen and oxygen atoms in total. The second kappa shape index (κ2) is 8.41. The second-order valence-corrected chi connectivity index (χ2v) is 11.1. The number of allylic oxidation sites excluding steroid dienone is 2. The molecule has 1 fully saturated rings. The molecule has 2 aromatic heterocycles. The molecule has 2 heterocycles. The third kappa shape index (κ3) is 3.55. The quantitative estimate of drug-likeness (QED) is 0.416. The summed E-state index contributed by atoms with van der Waals surface area (Å²) >= 11 is 0. The van der Waals surface area contributed by atoms with E-state index in [-0.39, 0.29) is 23.1 Å². The van der Waals surface area contributed by atoms with Crippen LogP contribution in [0.2, 0.25) is 0 Å². The predicted molar refractivity (Wildman–Crippen MR) is 139 cm³/mol. The van der Waals surface area contributed by atoms with Gasteiger partial charge in [-0.25, -0.2) is 14.4 Å². The van der Waals surface area contributed by atoms with Crippen molar-refractivity contribution in [1.29, 1.82) is 5.26 Å². The Morgan fingerprint density at radius 3 is 2.62 bits per heavy atom. The van der Waals surface area contributed by atoms with Gasteiger partial charge in [0.2, 0.25) is 0 Å². The third-order valence-electron chi connectivity index (χ3n) is 8.92. The number of benzene rings is 1. The van der Waals surface area contributed by atoms with Gasteiger partial charge >= 0.3 is 0 Å². The van der Waals surface area contributed by atoms with Crippen molar-refractivity contribution in [3.05, 3.63) is 77.0 Å². The first kappa shape index (κ1) is 23.7. The Bertz CT molecular complexity index is 1520. The fourth-order valence-corrected chi connectivity index (χ4v) is 6.59. The minimum absolute atomic E-state index is 0.0298. The number of carbonyl (C=O) groups excluding carboxylic acids is 1. The highest BCUT2D eigenvalue weighted by Crippen LogP contribution is 2.56. The van der Waals surface area contributed by atoms with Gasteiger partial charge in [0.05, 0.1) is 17.0 Å². The van der Waals surface area contributed by atoms with Crippen molar-refractivity contribution in [2.24, 2.45) is 11.3 Å². The number of rotatable bonds is 4. The van der Waals surface area contributed by atoms with E-state index in [0.29, 0.717) is 35.8 Å². The zero-order chi connectivity index (χ0) is 25.9. The van der Waals surface area contributed by atoms with Gasteiger partial charge in [-0.1, -0.05) is 39.0 Å². The number of Topliss-reactive ketones (excluding diaryl/α,β-unsaturated/α-hetero) is 1. The lowest BCUT2D eigenvalue weighted by atomic mass is 9.51. The topological polar surface area (TPSA) is 79.5 Å². The maximum absolute atomic E-state index is 15.2. The van der Waals surface area contributed by atoms with Crippen LogP contribution in [-0.2, 0) is 16.6 Å². The second-order valence-electron chi connectivity index (χ2n) is 11.1. The van der Waals surface area contributed by atoms with Gasteiger partial charge in [0.1, 0.15) is 11.9 Å². The number of aromatic nitrogens is 3. The summed E-state index contributed by atoms with van der Waals surface area (Å²) in [7, 11) is 0. The van der Waals surface area contributed by atoms with Gasteiger partial charge in [0.25, 0.3) is 0 Å². The van der Waals surface area contributed by atoms with Crippen LogP contribution < -0.4 is 0 Å². The molecule has 6 heteroatoms. The van der Waals surface area contributed by atoms with Crippen molar-refractivity contribution in [3.63, 3.8) is 0 Å². The molecule has 2 unspecified atom stereocenters. The van der Waals surface area contributed by atoms with Gasteiger partial charge in [-0.2, -0.15) is 5.26 Å². The van der Waals surface area contributed by atoms with Gasteiger partial charge in [-0.05, 0) is 62.3 Å². The molecule has 0 N–H and O–H groups in total. The standard InChI is InChI=1S/C31H29FN4O/c1-4-30(2)25-12-11-22-26(21-7-5-6-8-23(21)32)35-29(19-13-14-34-24(15-19)18-9-10-18)36-27(22)31(25,3)16-20(17-33)28(30)37/h5-8,13-16,18,25H,4,9-12H2,1-3H3/t25?,30?,31-/m1/s1. The van der Waals surface area contributed by atoms with E-state index in [2.05, 4.69) is 18.0 Å². The highest BCUT2D eigenvalue weighted by molar-refractivity contribution is 6.04. The molecule has 37 heavy (non-hydrogen) atoms. The SMILES string of the molecule is CCC1(C)C(=O)C(C#N)=C[C@@]2(C)c3nc(-c4ccnc(C5CC5)c4)nc(-c4ccccc4F)c3CCC12. The molecule has 186 valence electrons. The van der Waals surface area contributed by atoms with Crippen molar-refractivity contribution in [2.45, 2.75) is 64.2 Å². The van der Waals surface area contributed by atoms with E-state index in [0.717, 1.165) is 41.8 Å². The minimum atomic E-state index is -0.675. The molecule has 1 aromatic carbocycles. The molecule has 0 amide bonds. The van der Waals surface area contributed by atoms with E-state index in [1.165, 1.54) is 6.07 Å². The van der Waals surface area contributed by atoms with E-state index in [4.69, 9.17) is 9.97 Å². The molecule has 0 saturated heterocycles. The van der Waals surface area contributed by atoms with E-state index < -0.39 is 10.8 Å². The number of fused-ring (bicyclic) bond motifs is 3. The zero-order valence-corrected chi connectivity index (χ0v) is 21.4. The largest absolute Gasteiger partial charge is 0.293 e. The molecule has 0 aliphatic heterocycles. The van der Waals surface area contributed by atoms with E-state index in [1.807, 2.05) is 38.1 Å². The number of ketones is 1. The summed E-state index contributed by atoms with van der Waals surface area (Å²) in [4.78, 5) is 28.0. The van der Waals surface area contributed by atoms with Crippen molar-refractivity contribution < 1.29 is 9.18 Å². The summed E-state index contributed by atoms with van der Waals surface area (Å²) in [6.45, 7) is 6.08. The average molecular weight is 493 g/mol. The van der Waals surface area contributed by atoms with Gasteiger partial charge in [0.15, 0.2) is 11.6 Å². The van der Waals surface area contributed by atoms with Gasteiger partial charge < -0.3 is 0 Å². The predicted octanol–water partition coefficient (Wildman–Crippen LogP) is 6.49. The first-order valence-electron chi connectivity index (χ1n) is 13.1. The van der Waals surface area contributed by atoms with Crippen LogP contribution in [0.15, 0.2) is 54.2 Å². The van der Waals surface area contributed by atoms with Crippen LogP contribution in [0.3, 0.4) is 0 Å². The Balaban J connectivity index is 1.64. The first-order chi connectivity index (χ1) is 17.8. The number of nitriles is 1. The fourth-order valence-electron chi connectivity index (χ4n) is 6.59. The summed E-state index contributed by atoms with van der Waals surface area (Å²) in [5, 5.41) is 9.90. The molecular formula is C31H29FN4O. The Morgan fingerprint density at radius 2 is 1.92 bits per heavy atom. The summed E-state index contributed by atoms with van der Waals surface area (Å²) in [6.07, 6.45) is 7.88. The molecule has 3 aromatic rings. The fraction of sp³-hybridized carbons (Fsp3) is 0.387. The van der Waals surface area contributed by atoms with Crippen LogP contribution >= 0.6 is 0 Å². The Labute approximate surface area is 216 Å². The van der Waals surface area contributed by atoms with Crippen molar-refractivity contribution >= 4 is 5.78 Å². The van der Waals surface area contributed by atoms with Gasteiger partial charge in [-0.3, -0.25) is 9.78 Å². The lowest BCUT2D eigenvalue weighted by molar-refractivity contribution is -0.130. The lowest BCUT2D eigenvalue weighted by Crippen LogP contribution is -2.52. The molecular weight excluding hydrogens is 463 g/mol. The Morgan fingerprint density at radius 1 is 1.14 bits per heavy atom. The van der Waals surface area contributed by atoms with Crippen molar-refractivity contribution in [1.82, 2.24) is 15.0 Å². The van der Waals surface area contributed by atoms with Crippen LogP contribution in [0.25, 0.3) is 22.6 Å². The molecule has 3 atom stereocenters. The monoisotopic (exact) mass is 492 g/mol. The van der Waals surface area contributed by atoms with Crippen molar-refractivity contribution in [3.8, 4) is 28.7 Å². The highest BCUT2D eigenvalue weighted by atomic mass is 19.1. The zero-order valence-electron chi connectivity index (χ0n) is 21.4. The third-order valence-corrected chi connectivity index (χ3v) is 8.92. The molecule has 0 spiro atoms. The summed E-state index contributed by atoms with van der Waals surface area (Å²) in [6, 6.07) is 12.8. The highest BCUT2D eigenvalue weighted by Gasteiger charge is 2.56. The van der Waals surface area contributed by atoms with Crippen LogP contribution in [0, 0.1) is 28.5 Å². The molecule has 6 rings (SSSR count). The average Bonchev–Trinajstić information content (AvgIpc) is 3.76. The van der Waals surface area contributed by atoms with Crippen molar-refractivity contribution in [2.75, 3.05) is 0 Å². The number of halogens is 1. The van der Waals surface area contributed by atoms with E-state index in [1.54, 1.807) is 18.3 Å². The van der Waals surface area contributed by atoms with E-state index in [9.17, 15) is 10.1 Å². The Kier molecular flexibility index (Phi) is 5.38. The summed E-state index contributed by atoms with van der Waals surface area (Å²) in [5.74, 6) is 0.542. The van der Waals surface area contributed by atoms with Gasteiger partial charge in [-0.15, -0.1) is 0 Å². The first-order valence-corrected chi connectivity index (χ1v) is 13.1. The molecule has 0 radical (unpaired) electrons. The van der Waals surface area contributed by atoms with Crippen LogP contribution in [0.1, 0.15) is 69.3 Å². The summed E-state index contributed by atoms with van der Waals surface area (Å²) < 4.78 is 15.2. The number of hydrogen-bond acceptors (Lipinski definition) is 5. The molecule has 3 aliphatic rings. The number of nitrogens with zero attached hydrogens (tertiary/aromatic N) is 4. The van der Waals surface area contributed by atoms with Gasteiger partial charge in [0, 0.05) is 45.3 Å². The molecule has 0 bridgehead atoms.